The monoisotopic (exact) mass is 392 g/mol. The van der Waals surface area contributed by atoms with Crippen molar-refractivity contribution in [2.24, 2.45) is 0 Å². The molecule has 7 heteroatoms. The summed E-state index contributed by atoms with van der Waals surface area (Å²) in [6.45, 7) is 2.41. The molecule has 1 aromatic heterocycles. The van der Waals surface area contributed by atoms with Crippen LogP contribution in [-0.4, -0.2) is 14.7 Å². The van der Waals surface area contributed by atoms with Gasteiger partial charge in [-0.1, -0.05) is 59.8 Å². The molecule has 0 aliphatic rings. The van der Waals surface area contributed by atoms with Crippen molar-refractivity contribution in [3.05, 3.63) is 82.7 Å². The maximum absolute atomic E-state index is 12.9. The first-order valence-electron chi connectivity index (χ1n) is 8.36. The molecule has 1 heterocycles. The van der Waals surface area contributed by atoms with Crippen LogP contribution < -0.4 is 0 Å². The second kappa shape index (κ2) is 8.19. The van der Waals surface area contributed by atoms with Crippen LogP contribution in [0.4, 0.5) is 13.2 Å². The Bertz CT molecular complexity index is 904. The van der Waals surface area contributed by atoms with Gasteiger partial charge in [0, 0.05) is 18.5 Å². The summed E-state index contributed by atoms with van der Waals surface area (Å²) in [7, 11) is 0. The van der Waals surface area contributed by atoms with Crippen LogP contribution in [0.5, 0.6) is 0 Å². The molecule has 0 bridgehead atoms. The predicted molar refractivity (Wildman–Crippen MR) is 99.4 cm³/mol. The molecule has 3 rings (SSSR count). The lowest BCUT2D eigenvalue weighted by molar-refractivity contribution is -0.137. The van der Waals surface area contributed by atoms with Crippen molar-refractivity contribution >= 4 is 11.8 Å². The summed E-state index contributed by atoms with van der Waals surface area (Å²) in [6, 6.07) is 13.4. The summed E-state index contributed by atoms with van der Waals surface area (Å²) in [6.07, 6.45) is -2.58. The molecular weight excluding hydrogens is 373 g/mol. The third kappa shape index (κ3) is 5.14. The van der Waals surface area contributed by atoms with E-state index in [9.17, 15) is 18.3 Å². The fourth-order valence-electron chi connectivity index (χ4n) is 2.63. The van der Waals surface area contributed by atoms with Gasteiger partial charge in [-0.15, -0.1) is 0 Å². The van der Waals surface area contributed by atoms with E-state index in [1.54, 1.807) is 12.3 Å². The SMILES string of the molecule is Cc1ccc(Cn2cc(CO)nc2SCc2cccc(C(F)(F)F)c2)cc1. The van der Waals surface area contributed by atoms with E-state index in [4.69, 9.17) is 0 Å². The van der Waals surface area contributed by atoms with Crippen LogP contribution >= 0.6 is 11.8 Å². The number of aliphatic hydroxyl groups excluding tert-OH is 1. The summed E-state index contributed by atoms with van der Waals surface area (Å²) in [5.74, 6) is 0.361. The summed E-state index contributed by atoms with van der Waals surface area (Å²) in [5.41, 5.74) is 2.71. The smallest absolute Gasteiger partial charge is 0.390 e. The van der Waals surface area contributed by atoms with Gasteiger partial charge in [0.1, 0.15) is 0 Å². The third-order valence-corrected chi connectivity index (χ3v) is 5.11. The van der Waals surface area contributed by atoms with Crippen LogP contribution in [0.3, 0.4) is 0 Å². The van der Waals surface area contributed by atoms with Gasteiger partial charge in [-0.05, 0) is 24.1 Å². The molecule has 0 saturated heterocycles. The van der Waals surface area contributed by atoms with E-state index in [0.29, 0.717) is 28.7 Å². The lowest BCUT2D eigenvalue weighted by atomic mass is 10.1. The number of halogens is 3. The highest BCUT2D eigenvalue weighted by atomic mass is 32.2. The predicted octanol–water partition coefficient (Wildman–Crippen LogP) is 5.04. The molecule has 0 spiro atoms. The van der Waals surface area contributed by atoms with Crippen LogP contribution in [0.2, 0.25) is 0 Å². The highest BCUT2D eigenvalue weighted by Crippen LogP contribution is 2.31. The number of hydrogen-bond donors (Lipinski definition) is 1. The molecule has 3 nitrogen and oxygen atoms in total. The zero-order chi connectivity index (χ0) is 19.4. The Morgan fingerprint density at radius 2 is 1.81 bits per heavy atom. The van der Waals surface area contributed by atoms with Crippen LogP contribution in [0, 0.1) is 6.92 Å². The van der Waals surface area contributed by atoms with Gasteiger partial charge < -0.3 is 9.67 Å². The number of rotatable bonds is 6. The molecule has 0 aliphatic heterocycles. The van der Waals surface area contributed by atoms with E-state index in [2.05, 4.69) is 4.98 Å². The number of hydrogen-bond acceptors (Lipinski definition) is 3. The second-order valence-corrected chi connectivity index (χ2v) is 7.22. The first-order chi connectivity index (χ1) is 12.8. The molecule has 0 amide bonds. The molecule has 0 radical (unpaired) electrons. The highest BCUT2D eigenvalue weighted by molar-refractivity contribution is 7.98. The number of aliphatic hydroxyl groups is 1. The van der Waals surface area contributed by atoms with Crippen molar-refractivity contribution < 1.29 is 18.3 Å². The van der Waals surface area contributed by atoms with Crippen LogP contribution in [0.15, 0.2) is 59.9 Å². The van der Waals surface area contributed by atoms with Crippen LogP contribution in [-0.2, 0) is 25.1 Å². The van der Waals surface area contributed by atoms with Gasteiger partial charge in [-0.3, -0.25) is 0 Å². The maximum atomic E-state index is 12.9. The Balaban J connectivity index is 1.76. The summed E-state index contributed by atoms with van der Waals surface area (Å²) >= 11 is 1.35. The van der Waals surface area contributed by atoms with Crippen molar-refractivity contribution in [3.8, 4) is 0 Å². The average molecular weight is 392 g/mol. The van der Waals surface area contributed by atoms with Crippen LogP contribution in [0.1, 0.15) is 27.9 Å². The maximum Gasteiger partial charge on any atom is 0.416 e. The van der Waals surface area contributed by atoms with Gasteiger partial charge in [0.05, 0.1) is 17.9 Å². The zero-order valence-electron chi connectivity index (χ0n) is 14.7. The molecule has 0 unspecified atom stereocenters. The van der Waals surface area contributed by atoms with Crippen molar-refractivity contribution in [2.75, 3.05) is 0 Å². The number of nitrogens with zero attached hydrogens (tertiary/aromatic N) is 2. The average Bonchev–Trinajstić information content (AvgIpc) is 3.03. The van der Waals surface area contributed by atoms with E-state index in [0.717, 1.165) is 17.7 Å². The fourth-order valence-corrected chi connectivity index (χ4v) is 3.57. The minimum Gasteiger partial charge on any atom is -0.390 e. The lowest BCUT2D eigenvalue weighted by Gasteiger charge is -2.10. The van der Waals surface area contributed by atoms with Crippen molar-refractivity contribution in [1.82, 2.24) is 9.55 Å². The van der Waals surface area contributed by atoms with E-state index >= 15 is 0 Å². The van der Waals surface area contributed by atoms with Crippen molar-refractivity contribution in [1.29, 1.82) is 0 Å². The molecule has 0 atom stereocenters. The van der Waals surface area contributed by atoms with Crippen molar-refractivity contribution in [2.45, 2.75) is 37.2 Å². The fraction of sp³-hybridized carbons (Fsp3) is 0.250. The molecule has 2 aromatic carbocycles. The summed E-state index contributed by atoms with van der Waals surface area (Å²) < 4.78 is 40.5. The summed E-state index contributed by atoms with van der Waals surface area (Å²) in [4.78, 5) is 4.38. The molecular formula is C20H19F3N2OS. The van der Waals surface area contributed by atoms with Gasteiger partial charge in [0.25, 0.3) is 0 Å². The Morgan fingerprint density at radius 3 is 2.48 bits per heavy atom. The molecule has 3 aromatic rings. The van der Waals surface area contributed by atoms with Gasteiger partial charge in [-0.25, -0.2) is 4.98 Å². The van der Waals surface area contributed by atoms with Crippen LogP contribution in [0.25, 0.3) is 0 Å². The molecule has 0 aliphatic carbocycles. The molecule has 0 saturated carbocycles. The third-order valence-electron chi connectivity index (χ3n) is 4.05. The van der Waals surface area contributed by atoms with Crippen molar-refractivity contribution in [3.63, 3.8) is 0 Å². The minimum atomic E-state index is -4.35. The lowest BCUT2D eigenvalue weighted by Crippen LogP contribution is -2.05. The molecule has 27 heavy (non-hydrogen) atoms. The Hall–Kier alpha value is -2.25. The minimum absolute atomic E-state index is 0.183. The number of aromatic nitrogens is 2. The molecule has 142 valence electrons. The number of benzene rings is 2. The van der Waals surface area contributed by atoms with E-state index < -0.39 is 11.7 Å². The number of imidazole rings is 1. The largest absolute Gasteiger partial charge is 0.416 e. The first kappa shape index (κ1) is 19.5. The number of thioether (sulfide) groups is 1. The summed E-state index contributed by atoms with van der Waals surface area (Å²) in [5, 5.41) is 10.0. The molecule has 0 fully saturated rings. The molecule has 1 N–H and O–H groups in total. The second-order valence-electron chi connectivity index (χ2n) is 6.27. The van der Waals surface area contributed by atoms with Gasteiger partial charge in [0.15, 0.2) is 5.16 Å². The van der Waals surface area contributed by atoms with Gasteiger partial charge >= 0.3 is 6.18 Å². The Kier molecular flexibility index (Phi) is 5.92. The van der Waals surface area contributed by atoms with E-state index in [1.165, 1.54) is 23.4 Å². The Morgan fingerprint density at radius 1 is 1.07 bits per heavy atom. The standard InChI is InChI=1S/C20H19F3N2OS/c1-14-5-7-15(8-6-14)10-25-11-18(12-26)24-19(25)27-13-16-3-2-4-17(9-16)20(21,22)23/h2-9,11,26H,10,12-13H2,1H3. The zero-order valence-corrected chi connectivity index (χ0v) is 15.5. The highest BCUT2D eigenvalue weighted by Gasteiger charge is 2.30. The quantitative estimate of drug-likeness (QED) is 0.597. The Labute approximate surface area is 159 Å². The normalized spacial score (nSPS) is 11.7. The number of aryl methyl sites for hydroxylation is 1. The van der Waals surface area contributed by atoms with E-state index in [1.807, 2.05) is 35.8 Å². The topological polar surface area (TPSA) is 38.0 Å². The first-order valence-corrected chi connectivity index (χ1v) is 9.35. The van der Waals surface area contributed by atoms with Gasteiger partial charge in [-0.2, -0.15) is 13.2 Å². The number of alkyl halides is 3. The van der Waals surface area contributed by atoms with Gasteiger partial charge in [0.2, 0.25) is 0 Å². The van der Waals surface area contributed by atoms with E-state index in [-0.39, 0.29) is 6.61 Å².